The number of amidine groups is 1. The van der Waals surface area contributed by atoms with E-state index >= 15 is 0 Å². The molecule has 0 aliphatic carbocycles. The molecule has 11 heteroatoms. The highest BCUT2D eigenvalue weighted by molar-refractivity contribution is 8.14. The Labute approximate surface area is 174 Å². The average molecular weight is 446 g/mol. The van der Waals surface area contributed by atoms with Crippen LogP contribution < -0.4 is 15.6 Å². The summed E-state index contributed by atoms with van der Waals surface area (Å²) >= 11 is 1.38. The zero-order chi connectivity index (χ0) is 21.3. The Morgan fingerprint density at radius 2 is 1.90 bits per heavy atom. The Balaban J connectivity index is 1.73. The lowest BCUT2D eigenvalue weighted by atomic mass is 10.1. The average Bonchev–Trinajstić information content (AvgIpc) is 3.21. The van der Waals surface area contributed by atoms with Gasteiger partial charge in [0.15, 0.2) is 5.17 Å². The molecule has 0 bridgehead atoms. The summed E-state index contributed by atoms with van der Waals surface area (Å²) in [5.74, 6) is -0.294. The van der Waals surface area contributed by atoms with Crippen LogP contribution in [0.1, 0.15) is 10.4 Å². The number of aromatic amines is 1. The van der Waals surface area contributed by atoms with E-state index in [4.69, 9.17) is 0 Å². The molecule has 1 aliphatic rings. The monoisotopic (exact) mass is 446 g/mol. The van der Waals surface area contributed by atoms with Gasteiger partial charge in [0.2, 0.25) is 5.56 Å². The van der Waals surface area contributed by atoms with Crippen LogP contribution in [0.5, 0.6) is 0 Å². The fourth-order valence-electron chi connectivity index (χ4n) is 2.90. The number of pyridine rings is 1. The number of amides is 1. The third-order valence-electron chi connectivity index (χ3n) is 4.27. The number of halogens is 1. The van der Waals surface area contributed by atoms with Crippen molar-refractivity contribution in [2.24, 2.45) is 4.99 Å². The zero-order valence-corrected chi connectivity index (χ0v) is 16.9. The Bertz CT molecular complexity index is 1330. The normalized spacial score (nSPS) is 13.8. The molecule has 8 nitrogen and oxygen atoms in total. The predicted octanol–water partition coefficient (Wildman–Crippen LogP) is 2.30. The molecule has 0 saturated carbocycles. The topological polar surface area (TPSA) is 120 Å². The fraction of sp³-hybridized carbons (Fsp3) is 0.105. The van der Waals surface area contributed by atoms with E-state index in [2.05, 4.69) is 20.0 Å². The minimum Gasteiger partial charge on any atom is -0.322 e. The summed E-state index contributed by atoms with van der Waals surface area (Å²) in [5, 5.41) is 3.35. The smallest absolute Gasteiger partial charge is 0.261 e. The van der Waals surface area contributed by atoms with Gasteiger partial charge >= 0.3 is 0 Å². The quantitative estimate of drug-likeness (QED) is 0.568. The van der Waals surface area contributed by atoms with Crippen LogP contribution in [-0.4, -0.2) is 36.8 Å². The molecule has 154 valence electrons. The lowest BCUT2D eigenvalue weighted by Gasteiger charge is -2.11. The molecule has 0 fully saturated rings. The van der Waals surface area contributed by atoms with Crippen LogP contribution in [-0.2, 0) is 10.0 Å². The number of hydrogen-bond acceptors (Lipinski definition) is 6. The van der Waals surface area contributed by atoms with Gasteiger partial charge in [0, 0.05) is 28.4 Å². The molecule has 1 amide bonds. The number of thioether (sulfide) groups is 1. The number of nitrogens with zero attached hydrogens (tertiary/aromatic N) is 1. The Morgan fingerprint density at radius 1 is 1.13 bits per heavy atom. The van der Waals surface area contributed by atoms with E-state index in [0.29, 0.717) is 17.2 Å². The largest absolute Gasteiger partial charge is 0.322 e. The van der Waals surface area contributed by atoms with Crippen molar-refractivity contribution in [1.29, 1.82) is 0 Å². The highest BCUT2D eigenvalue weighted by Gasteiger charge is 2.20. The molecule has 4 rings (SSSR count). The van der Waals surface area contributed by atoms with E-state index in [-0.39, 0.29) is 21.5 Å². The number of carbonyl (C=O) groups excluding carboxylic acids is 1. The summed E-state index contributed by atoms with van der Waals surface area (Å²) in [7, 11) is -4.02. The standard InChI is InChI=1S/C19H15FN4O4S2/c20-11-1-3-12(4-2-11)24-30(27,28)13-5-6-16-14(9-13)15(10-17(25)22-16)18(26)23-19-21-7-8-29-19/h1-6,9-10,24H,7-8H2,(H,22,25)(H,21,23,26). The predicted molar refractivity (Wildman–Crippen MR) is 114 cm³/mol. The van der Waals surface area contributed by atoms with Crippen LogP contribution >= 0.6 is 11.8 Å². The lowest BCUT2D eigenvalue weighted by molar-refractivity contribution is 0.0979. The molecule has 2 aromatic carbocycles. The van der Waals surface area contributed by atoms with E-state index in [1.807, 2.05) is 0 Å². The second-order valence-electron chi connectivity index (χ2n) is 6.36. The summed E-state index contributed by atoms with van der Waals surface area (Å²) in [6.45, 7) is 0.591. The van der Waals surface area contributed by atoms with Gasteiger partial charge in [0.25, 0.3) is 15.9 Å². The number of aromatic nitrogens is 1. The highest BCUT2D eigenvalue weighted by atomic mass is 32.2. The van der Waals surface area contributed by atoms with Gasteiger partial charge in [0.1, 0.15) is 5.82 Å². The Kier molecular flexibility index (Phi) is 5.31. The summed E-state index contributed by atoms with van der Waals surface area (Å²) < 4.78 is 40.9. The van der Waals surface area contributed by atoms with Crippen LogP contribution in [0.2, 0.25) is 0 Å². The van der Waals surface area contributed by atoms with E-state index in [1.54, 1.807) is 0 Å². The Hall–Kier alpha value is -3.18. The maximum Gasteiger partial charge on any atom is 0.261 e. The maximum atomic E-state index is 13.1. The molecular weight excluding hydrogens is 431 g/mol. The number of H-pyrrole nitrogens is 1. The molecular formula is C19H15FN4O4S2. The van der Waals surface area contributed by atoms with Crippen LogP contribution in [0.3, 0.4) is 0 Å². The van der Waals surface area contributed by atoms with Crippen molar-refractivity contribution < 1.29 is 17.6 Å². The Morgan fingerprint density at radius 3 is 2.60 bits per heavy atom. The number of aliphatic imine (C=N–C) groups is 1. The molecule has 3 N–H and O–H groups in total. The van der Waals surface area contributed by atoms with Gasteiger partial charge in [0.05, 0.1) is 17.0 Å². The first-order valence-corrected chi connectivity index (χ1v) is 11.2. The first-order valence-electron chi connectivity index (χ1n) is 8.76. The van der Waals surface area contributed by atoms with Crippen molar-refractivity contribution in [2.45, 2.75) is 4.90 Å². The van der Waals surface area contributed by atoms with Gasteiger partial charge in [-0.05, 0) is 42.5 Å². The van der Waals surface area contributed by atoms with Crippen molar-refractivity contribution in [3.05, 3.63) is 70.3 Å². The van der Waals surface area contributed by atoms with Crippen molar-refractivity contribution in [1.82, 2.24) is 10.3 Å². The van der Waals surface area contributed by atoms with E-state index in [9.17, 15) is 22.4 Å². The fourth-order valence-corrected chi connectivity index (χ4v) is 4.70. The summed E-state index contributed by atoms with van der Waals surface area (Å²) in [4.78, 5) is 31.3. The van der Waals surface area contributed by atoms with Gasteiger partial charge in [-0.15, -0.1) is 0 Å². The van der Waals surface area contributed by atoms with Gasteiger partial charge in [-0.25, -0.2) is 12.8 Å². The number of benzene rings is 2. The second-order valence-corrected chi connectivity index (χ2v) is 9.12. The van der Waals surface area contributed by atoms with Crippen molar-refractivity contribution in [3.63, 3.8) is 0 Å². The first kappa shape index (κ1) is 20.1. The van der Waals surface area contributed by atoms with E-state index in [1.165, 1.54) is 42.1 Å². The molecule has 0 unspecified atom stereocenters. The molecule has 0 radical (unpaired) electrons. The third-order valence-corrected chi connectivity index (χ3v) is 6.54. The number of anilines is 1. The molecule has 1 aliphatic heterocycles. The van der Waals surface area contributed by atoms with Crippen molar-refractivity contribution in [2.75, 3.05) is 17.0 Å². The van der Waals surface area contributed by atoms with Gasteiger partial charge in [-0.1, -0.05) is 11.8 Å². The maximum absolute atomic E-state index is 13.1. The van der Waals surface area contributed by atoms with Gasteiger partial charge in [-0.3, -0.25) is 19.3 Å². The van der Waals surface area contributed by atoms with Crippen molar-refractivity contribution >= 4 is 49.5 Å². The SMILES string of the molecule is O=C(NC1=NCCS1)c1cc(=O)[nH]c2ccc(S(=O)(=O)Nc3ccc(F)cc3)cc12. The van der Waals surface area contributed by atoms with Crippen LogP contribution in [0, 0.1) is 5.82 Å². The van der Waals surface area contributed by atoms with Gasteiger partial charge < -0.3 is 10.3 Å². The summed E-state index contributed by atoms with van der Waals surface area (Å²) in [5.41, 5.74) is 0.0399. The molecule has 0 spiro atoms. The van der Waals surface area contributed by atoms with Crippen LogP contribution in [0.25, 0.3) is 10.9 Å². The minimum absolute atomic E-state index is 0.0304. The number of hydrogen-bond donors (Lipinski definition) is 3. The summed E-state index contributed by atoms with van der Waals surface area (Å²) in [6, 6.07) is 9.99. The molecule has 0 atom stereocenters. The number of fused-ring (bicyclic) bond motifs is 1. The summed E-state index contributed by atoms with van der Waals surface area (Å²) in [6.07, 6.45) is 0. The molecule has 30 heavy (non-hydrogen) atoms. The van der Waals surface area contributed by atoms with E-state index in [0.717, 1.165) is 24.0 Å². The zero-order valence-electron chi connectivity index (χ0n) is 15.3. The molecule has 2 heterocycles. The van der Waals surface area contributed by atoms with Crippen LogP contribution in [0.4, 0.5) is 10.1 Å². The highest BCUT2D eigenvalue weighted by Crippen LogP contribution is 2.23. The minimum atomic E-state index is -4.02. The lowest BCUT2D eigenvalue weighted by Crippen LogP contribution is -2.28. The second kappa shape index (κ2) is 7.92. The number of nitrogens with one attached hydrogen (secondary N) is 3. The van der Waals surface area contributed by atoms with Gasteiger partial charge in [-0.2, -0.15) is 0 Å². The van der Waals surface area contributed by atoms with E-state index < -0.39 is 27.3 Å². The number of sulfonamides is 1. The molecule has 3 aromatic rings. The third kappa shape index (κ3) is 4.21. The first-order chi connectivity index (χ1) is 14.3. The molecule has 0 saturated heterocycles. The molecule has 1 aromatic heterocycles. The number of rotatable bonds is 4. The number of carbonyl (C=O) groups is 1. The van der Waals surface area contributed by atoms with Crippen LogP contribution in [0.15, 0.2) is 63.2 Å². The van der Waals surface area contributed by atoms with Crippen molar-refractivity contribution in [3.8, 4) is 0 Å².